The second kappa shape index (κ2) is 11.1. The molecule has 1 aromatic carbocycles. The molecule has 1 amide bonds. The Morgan fingerprint density at radius 2 is 2.00 bits per heavy atom. The van der Waals surface area contributed by atoms with Crippen LogP contribution in [0, 0.1) is 6.92 Å². The van der Waals surface area contributed by atoms with Crippen LogP contribution in [0.1, 0.15) is 45.7 Å². The molecule has 3 rings (SSSR count). The summed E-state index contributed by atoms with van der Waals surface area (Å²) < 4.78 is 6.40. The van der Waals surface area contributed by atoms with Crippen molar-refractivity contribution in [1.29, 1.82) is 0 Å². The van der Waals surface area contributed by atoms with Gasteiger partial charge in [-0.1, -0.05) is 37.3 Å². The van der Waals surface area contributed by atoms with Crippen LogP contribution in [-0.2, 0) is 17.7 Å². The number of aromatic nitrogens is 3. The highest BCUT2D eigenvalue weighted by Crippen LogP contribution is 2.26. The van der Waals surface area contributed by atoms with E-state index in [0.29, 0.717) is 23.6 Å². The predicted octanol–water partition coefficient (Wildman–Crippen LogP) is 2.57. The minimum atomic E-state index is -0.705. The molecule has 0 aliphatic heterocycles. The zero-order valence-electron chi connectivity index (χ0n) is 19.1. The summed E-state index contributed by atoms with van der Waals surface area (Å²) in [4.78, 5) is 47.7. The highest BCUT2D eigenvalue weighted by atomic mass is 32.1. The predicted molar refractivity (Wildman–Crippen MR) is 130 cm³/mol. The largest absolute Gasteiger partial charge is 0.385 e. The quantitative estimate of drug-likeness (QED) is 0.438. The van der Waals surface area contributed by atoms with Crippen molar-refractivity contribution in [2.45, 2.75) is 39.7 Å². The topological polar surface area (TPSA) is 123 Å². The number of hydrogen-bond acceptors (Lipinski definition) is 7. The van der Waals surface area contributed by atoms with Crippen molar-refractivity contribution in [2.75, 3.05) is 30.9 Å². The van der Waals surface area contributed by atoms with Gasteiger partial charge in [-0.15, -0.1) is 11.3 Å². The number of ether oxygens (including phenoxy) is 1. The van der Waals surface area contributed by atoms with Gasteiger partial charge in [0.2, 0.25) is 0 Å². The molecule has 0 bridgehead atoms. The number of nitrogens with zero attached hydrogens (tertiary/aromatic N) is 3. The van der Waals surface area contributed by atoms with E-state index in [2.05, 4.69) is 9.97 Å². The first kappa shape index (κ1) is 24.4. The van der Waals surface area contributed by atoms with Crippen LogP contribution in [0.2, 0.25) is 0 Å². The number of hydrogen-bond donors (Lipinski definition) is 2. The van der Waals surface area contributed by atoms with Crippen molar-refractivity contribution in [3.63, 3.8) is 0 Å². The number of thiazole rings is 1. The summed E-state index contributed by atoms with van der Waals surface area (Å²) in [6, 6.07) is 9.28. The average molecular weight is 472 g/mol. The maximum Gasteiger partial charge on any atom is 0.330 e. The van der Waals surface area contributed by atoms with Crippen molar-refractivity contribution in [1.82, 2.24) is 14.5 Å². The van der Waals surface area contributed by atoms with Gasteiger partial charge in [0.1, 0.15) is 10.7 Å². The summed E-state index contributed by atoms with van der Waals surface area (Å²) in [6.45, 7) is 4.58. The van der Waals surface area contributed by atoms with Gasteiger partial charge in [-0.3, -0.25) is 24.0 Å². The van der Waals surface area contributed by atoms with Crippen molar-refractivity contribution >= 4 is 28.7 Å². The van der Waals surface area contributed by atoms with Crippen molar-refractivity contribution < 1.29 is 9.53 Å². The van der Waals surface area contributed by atoms with E-state index in [-0.39, 0.29) is 30.5 Å². The molecule has 0 saturated heterocycles. The fourth-order valence-electron chi connectivity index (χ4n) is 3.54. The first-order chi connectivity index (χ1) is 15.9. The standard InChI is InChI=1S/C23H29N5O4S/c1-4-9-17-25-15(2)19(33-17)22(30)27(12-8-13-32-3)18-20(24)28(23(31)26-21(18)29)14-16-10-6-5-7-11-16/h5-7,10-11H,4,8-9,12-14,24H2,1-3H3,(H,26,29,31). The van der Waals surface area contributed by atoms with Gasteiger partial charge in [-0.25, -0.2) is 9.78 Å². The molecule has 0 spiro atoms. The van der Waals surface area contributed by atoms with Crippen LogP contribution < -0.4 is 21.9 Å². The van der Waals surface area contributed by atoms with Crippen LogP contribution >= 0.6 is 11.3 Å². The number of H-pyrrole nitrogens is 1. The molecule has 10 heteroatoms. The Kier molecular flexibility index (Phi) is 8.18. The molecule has 0 radical (unpaired) electrons. The Labute approximate surface area is 195 Å². The number of methoxy groups -OCH3 is 1. The molecule has 0 aliphatic rings. The van der Waals surface area contributed by atoms with E-state index in [4.69, 9.17) is 10.5 Å². The maximum absolute atomic E-state index is 13.6. The molecular weight excluding hydrogens is 442 g/mol. The number of nitrogens with one attached hydrogen (secondary N) is 1. The molecular formula is C23H29N5O4S. The summed E-state index contributed by atoms with van der Waals surface area (Å²) in [7, 11) is 1.57. The average Bonchev–Trinajstić information content (AvgIpc) is 3.16. The van der Waals surface area contributed by atoms with Crippen LogP contribution in [0.3, 0.4) is 0 Å². The van der Waals surface area contributed by atoms with Gasteiger partial charge in [0, 0.05) is 20.3 Å². The smallest absolute Gasteiger partial charge is 0.330 e. The normalized spacial score (nSPS) is 11.0. The molecule has 0 saturated carbocycles. The van der Waals surface area contributed by atoms with Gasteiger partial charge in [-0.2, -0.15) is 0 Å². The molecule has 2 aromatic heterocycles. The monoisotopic (exact) mass is 471 g/mol. The van der Waals surface area contributed by atoms with Crippen LogP contribution in [-0.4, -0.2) is 40.7 Å². The Bertz CT molecular complexity index is 1220. The summed E-state index contributed by atoms with van der Waals surface area (Å²) in [6.07, 6.45) is 2.17. The zero-order valence-corrected chi connectivity index (χ0v) is 19.9. The number of rotatable bonds is 10. The van der Waals surface area contributed by atoms with E-state index in [0.717, 1.165) is 23.4 Å². The molecule has 3 aromatic rings. The van der Waals surface area contributed by atoms with Crippen LogP contribution in [0.25, 0.3) is 0 Å². The lowest BCUT2D eigenvalue weighted by molar-refractivity contribution is 0.0986. The second-order valence-corrected chi connectivity index (χ2v) is 8.72. The second-order valence-electron chi connectivity index (χ2n) is 7.64. The number of aromatic amines is 1. The first-order valence-electron chi connectivity index (χ1n) is 10.8. The third kappa shape index (κ3) is 5.58. The number of aryl methyl sites for hydroxylation is 2. The molecule has 0 fully saturated rings. The van der Waals surface area contributed by atoms with E-state index in [1.165, 1.54) is 20.8 Å². The minimum Gasteiger partial charge on any atom is -0.385 e. The highest BCUT2D eigenvalue weighted by Gasteiger charge is 2.28. The highest BCUT2D eigenvalue weighted by molar-refractivity contribution is 7.14. The van der Waals surface area contributed by atoms with E-state index >= 15 is 0 Å². The lowest BCUT2D eigenvalue weighted by Gasteiger charge is -2.24. The van der Waals surface area contributed by atoms with E-state index < -0.39 is 11.2 Å². The van der Waals surface area contributed by atoms with Crippen LogP contribution in [0.15, 0.2) is 39.9 Å². The molecule has 176 valence electrons. The number of benzene rings is 1. The van der Waals surface area contributed by atoms with Crippen molar-refractivity contribution in [3.8, 4) is 0 Å². The fraction of sp³-hybridized carbons (Fsp3) is 0.391. The third-order valence-electron chi connectivity index (χ3n) is 5.14. The number of nitrogens with two attached hydrogens (primary N) is 1. The summed E-state index contributed by atoms with van der Waals surface area (Å²) in [5.74, 6) is -0.431. The lowest BCUT2D eigenvalue weighted by atomic mass is 10.2. The fourth-order valence-corrected chi connectivity index (χ4v) is 4.65. The van der Waals surface area contributed by atoms with Crippen LogP contribution in [0.5, 0.6) is 0 Å². The van der Waals surface area contributed by atoms with E-state index in [1.807, 2.05) is 37.3 Å². The van der Waals surface area contributed by atoms with Gasteiger partial charge >= 0.3 is 5.69 Å². The van der Waals surface area contributed by atoms with Gasteiger partial charge in [0.25, 0.3) is 11.5 Å². The van der Waals surface area contributed by atoms with E-state index in [1.54, 1.807) is 14.0 Å². The van der Waals surface area contributed by atoms with Gasteiger partial charge in [0.05, 0.1) is 17.2 Å². The zero-order chi connectivity index (χ0) is 24.0. The van der Waals surface area contributed by atoms with Crippen molar-refractivity contribution in [3.05, 3.63) is 72.3 Å². The number of anilines is 2. The lowest BCUT2D eigenvalue weighted by Crippen LogP contribution is -2.42. The molecule has 0 atom stereocenters. The third-order valence-corrected chi connectivity index (χ3v) is 6.35. The molecule has 2 heterocycles. The summed E-state index contributed by atoms with van der Waals surface area (Å²) >= 11 is 1.32. The first-order valence-corrected chi connectivity index (χ1v) is 11.6. The number of carbonyl (C=O) groups excluding carboxylic acids is 1. The number of amides is 1. The Morgan fingerprint density at radius 3 is 2.67 bits per heavy atom. The SMILES string of the molecule is CCCc1nc(C)c(C(=O)N(CCCOC)c2c(N)n(Cc3ccccc3)c(=O)[nH]c2=O)s1. The molecule has 33 heavy (non-hydrogen) atoms. The summed E-state index contributed by atoms with van der Waals surface area (Å²) in [5, 5.41) is 0.867. The summed E-state index contributed by atoms with van der Waals surface area (Å²) in [5.41, 5.74) is 6.42. The van der Waals surface area contributed by atoms with Gasteiger partial charge in [0.15, 0.2) is 5.69 Å². The Balaban J connectivity index is 2.08. The molecule has 0 aliphatic carbocycles. The Morgan fingerprint density at radius 1 is 1.27 bits per heavy atom. The molecule has 3 N–H and O–H groups in total. The molecule has 9 nitrogen and oxygen atoms in total. The van der Waals surface area contributed by atoms with Gasteiger partial charge < -0.3 is 10.5 Å². The number of nitrogen functional groups attached to an aromatic ring is 1. The van der Waals surface area contributed by atoms with Crippen LogP contribution in [0.4, 0.5) is 11.5 Å². The minimum absolute atomic E-state index is 0.0449. The van der Waals surface area contributed by atoms with Crippen molar-refractivity contribution in [2.24, 2.45) is 0 Å². The number of carbonyl (C=O) groups is 1. The Hall–Kier alpha value is -3.24. The molecule has 0 unspecified atom stereocenters. The maximum atomic E-state index is 13.6. The van der Waals surface area contributed by atoms with Gasteiger partial charge in [-0.05, 0) is 31.7 Å². The van der Waals surface area contributed by atoms with E-state index in [9.17, 15) is 14.4 Å².